The summed E-state index contributed by atoms with van der Waals surface area (Å²) in [5.41, 5.74) is 2.84. The summed E-state index contributed by atoms with van der Waals surface area (Å²) in [7, 11) is 1.75. The highest BCUT2D eigenvalue weighted by atomic mass is 16.7. The molecule has 0 radical (unpaired) electrons. The van der Waals surface area contributed by atoms with Crippen molar-refractivity contribution >= 4 is 5.96 Å². The van der Waals surface area contributed by atoms with Crippen LogP contribution in [0, 0.1) is 5.41 Å². The standard InChI is InChI=1S/C15H17N5O/c1-15(9-21-20(2)14(16)19-15)13-5-3-4-11(6-13)12-7-17-10-18-8-12/h3-8,10H,9H2,1-2H3,(H2,16,19)/p+1. The Labute approximate surface area is 123 Å². The van der Waals surface area contributed by atoms with Gasteiger partial charge in [0.15, 0.2) is 5.54 Å². The van der Waals surface area contributed by atoms with Crippen LogP contribution in [0.2, 0.25) is 0 Å². The van der Waals surface area contributed by atoms with Gasteiger partial charge in [0.2, 0.25) is 0 Å². The Morgan fingerprint density at radius 1 is 1.29 bits per heavy atom. The molecule has 2 heterocycles. The van der Waals surface area contributed by atoms with Crippen LogP contribution >= 0.6 is 0 Å². The molecule has 1 aliphatic heterocycles. The molecule has 0 amide bonds. The molecule has 0 aliphatic carbocycles. The maximum atomic E-state index is 7.94. The van der Waals surface area contributed by atoms with E-state index < -0.39 is 0 Å². The van der Waals surface area contributed by atoms with Crippen molar-refractivity contribution in [3.63, 3.8) is 0 Å². The fourth-order valence-corrected chi connectivity index (χ4v) is 2.40. The van der Waals surface area contributed by atoms with E-state index in [0.717, 1.165) is 16.7 Å². The number of aromatic nitrogens is 2. The number of hydrogen-bond donors (Lipinski definition) is 2. The van der Waals surface area contributed by atoms with Gasteiger partial charge in [-0.15, -0.1) is 0 Å². The van der Waals surface area contributed by atoms with Crippen LogP contribution in [0.1, 0.15) is 12.5 Å². The molecule has 3 N–H and O–H groups in total. The number of nitrogens with two attached hydrogens (primary N) is 1. The molecule has 108 valence electrons. The van der Waals surface area contributed by atoms with Gasteiger partial charge in [0.1, 0.15) is 12.9 Å². The molecule has 3 rings (SSSR count). The van der Waals surface area contributed by atoms with Crippen LogP contribution < -0.4 is 5.32 Å². The third-order valence-corrected chi connectivity index (χ3v) is 3.77. The average Bonchev–Trinajstić information content (AvgIpc) is 2.52. The lowest BCUT2D eigenvalue weighted by atomic mass is 9.90. The molecule has 0 bridgehead atoms. The first-order chi connectivity index (χ1) is 10.1. The first-order valence-corrected chi connectivity index (χ1v) is 6.75. The second-order valence-corrected chi connectivity index (χ2v) is 5.43. The lowest BCUT2D eigenvalue weighted by molar-refractivity contribution is -0.668. The zero-order valence-electron chi connectivity index (χ0n) is 12.1. The van der Waals surface area contributed by atoms with Gasteiger partial charge in [-0.3, -0.25) is 10.2 Å². The van der Waals surface area contributed by atoms with Crippen molar-refractivity contribution in [3.8, 4) is 11.1 Å². The number of benzene rings is 1. The maximum absolute atomic E-state index is 7.94. The van der Waals surface area contributed by atoms with Crippen LogP contribution in [0.4, 0.5) is 0 Å². The molecule has 1 unspecified atom stereocenters. The van der Waals surface area contributed by atoms with Crippen LogP contribution in [0.15, 0.2) is 43.0 Å². The van der Waals surface area contributed by atoms with E-state index in [-0.39, 0.29) is 5.54 Å². The monoisotopic (exact) mass is 284 g/mol. The lowest BCUT2D eigenvalue weighted by Gasteiger charge is -2.35. The van der Waals surface area contributed by atoms with E-state index in [1.165, 1.54) is 11.4 Å². The minimum atomic E-state index is -0.310. The Morgan fingerprint density at radius 3 is 2.76 bits per heavy atom. The van der Waals surface area contributed by atoms with Crippen molar-refractivity contribution in [1.29, 1.82) is 5.41 Å². The molecule has 1 fully saturated rings. The number of hydrogen-bond acceptors (Lipinski definition) is 4. The van der Waals surface area contributed by atoms with Crippen LogP contribution in [0.5, 0.6) is 0 Å². The number of quaternary nitrogens is 1. The van der Waals surface area contributed by atoms with Gasteiger partial charge in [0.05, 0.1) is 0 Å². The summed E-state index contributed by atoms with van der Waals surface area (Å²) in [5.74, 6) is 0.372. The van der Waals surface area contributed by atoms with Gasteiger partial charge in [-0.1, -0.05) is 18.2 Å². The third kappa shape index (κ3) is 2.63. The molecule has 6 heteroatoms. The van der Waals surface area contributed by atoms with Crippen molar-refractivity contribution < 1.29 is 10.2 Å². The minimum absolute atomic E-state index is 0.310. The number of guanidine groups is 1. The van der Waals surface area contributed by atoms with Gasteiger partial charge in [-0.2, -0.15) is 5.06 Å². The van der Waals surface area contributed by atoms with Gasteiger partial charge in [0.25, 0.3) is 0 Å². The van der Waals surface area contributed by atoms with E-state index in [4.69, 9.17) is 10.2 Å². The number of nitrogens with one attached hydrogen (secondary N) is 1. The Morgan fingerprint density at radius 2 is 2.05 bits per heavy atom. The zero-order chi connectivity index (χ0) is 14.9. The molecule has 6 nitrogen and oxygen atoms in total. The van der Waals surface area contributed by atoms with Gasteiger partial charge < -0.3 is 0 Å². The molecule has 0 saturated carbocycles. The van der Waals surface area contributed by atoms with Crippen LogP contribution in [0.25, 0.3) is 11.1 Å². The van der Waals surface area contributed by atoms with Crippen molar-refractivity contribution in [3.05, 3.63) is 48.5 Å². The Hall–Kier alpha value is -2.31. The molecule has 1 aromatic carbocycles. The molecule has 0 spiro atoms. The van der Waals surface area contributed by atoms with E-state index >= 15 is 0 Å². The quantitative estimate of drug-likeness (QED) is 0.852. The van der Waals surface area contributed by atoms with Crippen LogP contribution in [-0.4, -0.2) is 34.6 Å². The van der Waals surface area contributed by atoms with Crippen molar-refractivity contribution in [2.24, 2.45) is 0 Å². The zero-order valence-corrected chi connectivity index (χ0v) is 12.1. The normalized spacial score (nSPS) is 22.4. The van der Waals surface area contributed by atoms with Gasteiger partial charge >= 0.3 is 5.96 Å². The van der Waals surface area contributed by atoms with Crippen molar-refractivity contribution in [2.75, 3.05) is 13.7 Å². The van der Waals surface area contributed by atoms with E-state index in [0.29, 0.717) is 12.6 Å². The topological polar surface area (TPSA) is 78.7 Å². The molecular formula is C15H18N5O+. The first kappa shape index (κ1) is 13.7. The lowest BCUT2D eigenvalue weighted by Crippen LogP contribution is -3.02. The first-order valence-electron chi connectivity index (χ1n) is 6.75. The van der Waals surface area contributed by atoms with E-state index in [9.17, 15) is 0 Å². The highest BCUT2D eigenvalue weighted by Gasteiger charge is 2.39. The van der Waals surface area contributed by atoms with Gasteiger partial charge in [-0.25, -0.2) is 15.4 Å². The Balaban J connectivity index is 1.95. The predicted octanol–water partition coefficient (Wildman–Crippen LogP) is 0.734. The summed E-state index contributed by atoms with van der Waals surface area (Å²) in [6, 6.07) is 8.22. The molecule has 1 saturated heterocycles. The summed E-state index contributed by atoms with van der Waals surface area (Å²) in [4.78, 5) is 13.7. The van der Waals surface area contributed by atoms with E-state index in [1.807, 2.05) is 17.4 Å². The smallest absolute Gasteiger partial charge is 0.270 e. The predicted molar refractivity (Wildman–Crippen MR) is 78.2 cm³/mol. The molecule has 21 heavy (non-hydrogen) atoms. The summed E-state index contributed by atoms with van der Waals surface area (Å²) < 4.78 is 0. The summed E-state index contributed by atoms with van der Waals surface area (Å²) in [6.07, 6.45) is 5.12. The van der Waals surface area contributed by atoms with Gasteiger partial charge in [0, 0.05) is 30.6 Å². The second-order valence-electron chi connectivity index (χ2n) is 5.43. The Kier molecular flexibility index (Phi) is 3.40. The average molecular weight is 284 g/mol. The van der Waals surface area contributed by atoms with Gasteiger partial charge in [-0.05, 0) is 18.6 Å². The highest BCUT2D eigenvalue weighted by molar-refractivity contribution is 5.66. The Bertz CT molecular complexity index is 660. The number of nitrogens with zero attached hydrogens (tertiary/aromatic N) is 3. The summed E-state index contributed by atoms with van der Waals surface area (Å²) in [5, 5.41) is 11.4. The van der Waals surface area contributed by atoms with Crippen molar-refractivity contribution in [2.45, 2.75) is 12.5 Å². The van der Waals surface area contributed by atoms with Crippen LogP contribution in [0.3, 0.4) is 0 Å². The molecule has 2 aromatic rings. The third-order valence-electron chi connectivity index (χ3n) is 3.77. The molecule has 1 atom stereocenters. The minimum Gasteiger partial charge on any atom is -0.270 e. The molecule has 1 aromatic heterocycles. The number of rotatable bonds is 2. The molecule has 1 aliphatic rings. The largest absolute Gasteiger partial charge is 0.318 e. The maximum Gasteiger partial charge on any atom is 0.318 e. The highest BCUT2D eigenvalue weighted by Crippen LogP contribution is 2.25. The second kappa shape index (κ2) is 5.23. The van der Waals surface area contributed by atoms with E-state index in [1.54, 1.807) is 19.4 Å². The molecular weight excluding hydrogens is 266 g/mol. The van der Waals surface area contributed by atoms with Crippen LogP contribution in [-0.2, 0) is 10.4 Å². The fourth-order valence-electron chi connectivity index (χ4n) is 2.40. The van der Waals surface area contributed by atoms with E-state index in [2.05, 4.69) is 29.0 Å². The summed E-state index contributed by atoms with van der Waals surface area (Å²) in [6.45, 7) is 2.59. The SMILES string of the molecule is CN1OCC(C)(c2cccc(-c3cncnc3)c2)[NH2+]C1=N. The number of hydroxylamine groups is 2. The van der Waals surface area contributed by atoms with Crippen molar-refractivity contribution in [1.82, 2.24) is 15.0 Å². The summed E-state index contributed by atoms with van der Waals surface area (Å²) >= 11 is 0. The fraction of sp³-hybridized carbons (Fsp3) is 0.267.